The Hall–Kier alpha value is -2.45. The molecule has 2 saturated heterocycles. The Morgan fingerprint density at radius 3 is 2.79 bits per heavy atom. The zero-order chi connectivity index (χ0) is 23.3. The fourth-order valence-corrected chi connectivity index (χ4v) is 4.53. The summed E-state index contributed by atoms with van der Waals surface area (Å²) in [7, 11) is 0. The van der Waals surface area contributed by atoms with Gasteiger partial charge in [0.2, 0.25) is 0 Å². The van der Waals surface area contributed by atoms with Gasteiger partial charge >= 0.3 is 0 Å². The average Bonchev–Trinajstić information content (AvgIpc) is 2.81. The number of rotatable bonds is 7. The Kier molecular flexibility index (Phi) is 7.65. The lowest BCUT2D eigenvalue weighted by Gasteiger charge is -2.36. The summed E-state index contributed by atoms with van der Waals surface area (Å²) < 4.78 is 31.6. The van der Waals surface area contributed by atoms with E-state index in [4.69, 9.17) is 10.5 Å². The molecule has 0 aromatic heterocycles. The minimum atomic E-state index is -2.70. The smallest absolute Gasteiger partial charge is 0.271 e. The van der Waals surface area contributed by atoms with E-state index in [1.807, 2.05) is 0 Å². The number of aryl methyl sites for hydroxylation is 1. The van der Waals surface area contributed by atoms with E-state index in [0.29, 0.717) is 18.7 Å². The maximum absolute atomic E-state index is 13.2. The van der Waals surface area contributed by atoms with Crippen molar-refractivity contribution in [1.29, 1.82) is 0 Å². The lowest BCUT2D eigenvalue weighted by Crippen LogP contribution is -2.48. The molecule has 33 heavy (non-hydrogen) atoms. The zero-order valence-electron chi connectivity index (χ0n) is 19.4. The molecule has 0 aliphatic carbocycles. The number of nitrogens with one attached hydrogen (secondary N) is 1. The molecule has 0 spiro atoms. The third-order valence-electron chi connectivity index (χ3n) is 6.53. The van der Waals surface area contributed by atoms with Gasteiger partial charge in [-0.25, -0.2) is 8.78 Å². The van der Waals surface area contributed by atoms with Crippen LogP contribution in [0.5, 0.6) is 0 Å². The highest BCUT2D eigenvalue weighted by Gasteiger charge is 2.35. The number of ether oxygens (including phenoxy) is 1. The van der Waals surface area contributed by atoms with Gasteiger partial charge < -0.3 is 20.7 Å². The van der Waals surface area contributed by atoms with Gasteiger partial charge in [-0.15, -0.1) is 0 Å². The van der Waals surface area contributed by atoms with Crippen molar-refractivity contribution in [2.75, 3.05) is 57.3 Å². The molecule has 1 atom stereocenters. The van der Waals surface area contributed by atoms with E-state index in [1.54, 1.807) is 6.20 Å². The van der Waals surface area contributed by atoms with Crippen LogP contribution in [0.3, 0.4) is 0 Å². The molecular weight excluding hydrogens is 424 g/mol. The van der Waals surface area contributed by atoms with Crippen LogP contribution in [0, 0.1) is 6.92 Å². The molecular formula is C25H35F2N5O. The topological polar surface area (TPSA) is 66.1 Å². The third-order valence-corrected chi connectivity index (χ3v) is 6.53. The molecule has 0 bridgehead atoms. The Morgan fingerprint density at radius 1 is 1.30 bits per heavy atom. The van der Waals surface area contributed by atoms with Crippen molar-refractivity contribution in [3.63, 3.8) is 0 Å². The Morgan fingerprint density at radius 2 is 2.12 bits per heavy atom. The monoisotopic (exact) mass is 459 g/mol. The largest absolute Gasteiger partial charge is 0.397 e. The maximum atomic E-state index is 13.2. The second-order valence-electron chi connectivity index (χ2n) is 9.16. The maximum Gasteiger partial charge on any atom is 0.271 e. The molecule has 2 fully saturated rings. The molecule has 1 aromatic carbocycles. The number of hydrogen-bond acceptors (Lipinski definition) is 6. The van der Waals surface area contributed by atoms with E-state index in [0.717, 1.165) is 56.8 Å². The minimum absolute atomic E-state index is 0.126. The molecule has 180 valence electrons. The van der Waals surface area contributed by atoms with E-state index < -0.39 is 12.5 Å². The molecule has 0 saturated carbocycles. The highest BCUT2D eigenvalue weighted by atomic mass is 19.3. The molecule has 3 aliphatic heterocycles. The summed E-state index contributed by atoms with van der Waals surface area (Å²) in [5, 5.41) is 3.14. The number of piperazine rings is 1. The van der Waals surface area contributed by atoms with Crippen LogP contribution in [0.25, 0.3) is 5.70 Å². The Balaban J connectivity index is 1.26. The van der Waals surface area contributed by atoms with Gasteiger partial charge in [0.1, 0.15) is 6.61 Å². The van der Waals surface area contributed by atoms with E-state index in [-0.39, 0.29) is 12.5 Å². The summed E-state index contributed by atoms with van der Waals surface area (Å²) in [6, 6.07) is 6.37. The second kappa shape index (κ2) is 10.7. The van der Waals surface area contributed by atoms with Gasteiger partial charge in [0.25, 0.3) is 5.92 Å². The van der Waals surface area contributed by atoms with Crippen LogP contribution in [0.15, 0.2) is 41.5 Å². The van der Waals surface area contributed by atoms with Crippen LogP contribution in [0.4, 0.5) is 14.5 Å². The number of anilines is 1. The Labute approximate surface area is 195 Å². The number of nitrogens with zero attached hydrogens (tertiary/aromatic N) is 3. The van der Waals surface area contributed by atoms with Gasteiger partial charge in [0, 0.05) is 75.4 Å². The van der Waals surface area contributed by atoms with Gasteiger partial charge in [-0.1, -0.05) is 12.1 Å². The molecule has 4 rings (SSSR count). The van der Waals surface area contributed by atoms with Crippen LogP contribution in [-0.4, -0.2) is 75.1 Å². The van der Waals surface area contributed by atoms with Crippen molar-refractivity contribution in [2.45, 2.75) is 38.2 Å². The lowest BCUT2D eigenvalue weighted by atomic mass is 10.0. The van der Waals surface area contributed by atoms with Crippen molar-refractivity contribution in [2.24, 2.45) is 10.7 Å². The molecule has 1 unspecified atom stereocenters. The van der Waals surface area contributed by atoms with Gasteiger partial charge in [0.15, 0.2) is 0 Å². The second-order valence-corrected chi connectivity index (χ2v) is 9.16. The Bertz CT molecular complexity index is 896. The molecule has 0 radical (unpaired) electrons. The van der Waals surface area contributed by atoms with Gasteiger partial charge in [-0.2, -0.15) is 0 Å². The van der Waals surface area contributed by atoms with Crippen molar-refractivity contribution in [3.05, 3.63) is 47.7 Å². The summed E-state index contributed by atoms with van der Waals surface area (Å²) in [5.41, 5.74) is 11.4. The lowest BCUT2D eigenvalue weighted by molar-refractivity contribution is -0.141. The quantitative estimate of drug-likeness (QED) is 0.656. The fraction of sp³-hybridized carbons (Fsp3) is 0.560. The van der Waals surface area contributed by atoms with Gasteiger partial charge in [-0.05, 0) is 43.5 Å². The molecule has 0 amide bonds. The summed E-state index contributed by atoms with van der Waals surface area (Å²) >= 11 is 0. The van der Waals surface area contributed by atoms with Crippen molar-refractivity contribution < 1.29 is 13.5 Å². The molecule has 3 aliphatic rings. The number of dihydropyridines is 1. The van der Waals surface area contributed by atoms with Crippen molar-refractivity contribution in [3.8, 4) is 0 Å². The third kappa shape index (κ3) is 6.54. The number of benzene rings is 1. The molecule has 6 nitrogen and oxygen atoms in total. The summed E-state index contributed by atoms with van der Waals surface area (Å²) in [5.74, 6) is -2.70. The molecule has 3 N–H and O–H groups in total. The number of hydrogen-bond donors (Lipinski definition) is 2. The number of alkyl halides is 2. The zero-order valence-corrected chi connectivity index (χ0v) is 19.4. The van der Waals surface area contributed by atoms with E-state index >= 15 is 0 Å². The van der Waals surface area contributed by atoms with Gasteiger partial charge in [-0.3, -0.25) is 9.89 Å². The first-order chi connectivity index (χ1) is 15.9. The summed E-state index contributed by atoms with van der Waals surface area (Å²) in [6.07, 6.45) is 7.18. The SMILES string of the molecule is Cc1cc(N2CCN(CC3=NCCC=C3)CC2)ccc1/C(N)=C/NCC1CCC(F)(F)CO1. The number of nitrogens with two attached hydrogens (primary N) is 1. The first-order valence-electron chi connectivity index (χ1n) is 11.9. The van der Waals surface area contributed by atoms with Crippen molar-refractivity contribution >= 4 is 17.1 Å². The number of halogens is 2. The van der Waals surface area contributed by atoms with Crippen LogP contribution < -0.4 is 16.0 Å². The van der Waals surface area contributed by atoms with E-state index in [9.17, 15) is 8.78 Å². The van der Waals surface area contributed by atoms with E-state index in [2.05, 4.69) is 57.4 Å². The molecule has 8 heteroatoms. The van der Waals surface area contributed by atoms with Crippen molar-refractivity contribution in [1.82, 2.24) is 10.2 Å². The number of aliphatic imine (C=N–C) groups is 1. The summed E-state index contributed by atoms with van der Waals surface area (Å²) in [4.78, 5) is 9.49. The first-order valence-corrected chi connectivity index (χ1v) is 11.9. The highest BCUT2D eigenvalue weighted by Crippen LogP contribution is 2.28. The summed E-state index contributed by atoms with van der Waals surface area (Å²) in [6.45, 7) is 7.91. The van der Waals surface area contributed by atoms with E-state index in [1.165, 1.54) is 11.4 Å². The molecule has 3 heterocycles. The van der Waals surface area contributed by atoms with Crippen LogP contribution >= 0.6 is 0 Å². The average molecular weight is 460 g/mol. The van der Waals surface area contributed by atoms with Crippen LogP contribution in [-0.2, 0) is 4.74 Å². The predicted molar refractivity (Wildman–Crippen MR) is 130 cm³/mol. The normalized spacial score (nSPS) is 24.0. The van der Waals surface area contributed by atoms with Crippen LogP contribution in [0.2, 0.25) is 0 Å². The molecule has 1 aromatic rings. The van der Waals surface area contributed by atoms with Gasteiger partial charge in [0.05, 0.1) is 11.8 Å². The predicted octanol–water partition coefficient (Wildman–Crippen LogP) is 3.18. The first kappa shape index (κ1) is 23.7. The van der Waals surface area contributed by atoms with Crippen LogP contribution in [0.1, 0.15) is 30.4 Å². The highest BCUT2D eigenvalue weighted by molar-refractivity contribution is 5.97. The fourth-order valence-electron chi connectivity index (χ4n) is 4.53. The standard InChI is InChI=1S/C25H35F2N5O/c1-19-14-21(32-12-10-31(11-13-32)17-20-4-2-3-9-30-20)5-6-23(19)24(28)16-29-15-22-7-8-25(26,27)18-33-22/h2,4-6,14,16,22,29H,3,7-13,15,17-18,28H2,1H3/b24-16-. The minimum Gasteiger partial charge on any atom is -0.397 e.